The van der Waals surface area contributed by atoms with E-state index in [2.05, 4.69) is 10.3 Å². The Bertz CT molecular complexity index is 1540. The fourth-order valence-corrected chi connectivity index (χ4v) is 4.91. The summed E-state index contributed by atoms with van der Waals surface area (Å²) < 4.78 is 17.3. The topological polar surface area (TPSA) is 134 Å². The van der Waals surface area contributed by atoms with Crippen LogP contribution in [0.2, 0.25) is 0 Å². The molecule has 2 atom stereocenters. The van der Waals surface area contributed by atoms with E-state index < -0.39 is 24.0 Å². The minimum Gasteiger partial charge on any atom is -0.497 e. The number of thiocarbonyl (C=S) groups is 1. The molecule has 2 aromatic heterocycles. The highest BCUT2D eigenvalue weighted by Gasteiger charge is 2.43. The zero-order valence-electron chi connectivity index (χ0n) is 20.8. The van der Waals surface area contributed by atoms with Gasteiger partial charge in [0.2, 0.25) is 0 Å². The number of carboxylic acid groups (broad SMARTS) is 2. The SMILES string of the molecule is COc1ccc(N2C(=S)N[C@H](c3ccccn3)[C@@H]2c2ccc(-c3cc(C(=O)O)cc(C(=O)O)c3)o2)c(OC)c1. The lowest BCUT2D eigenvalue weighted by atomic mass is 10.0. The molecule has 10 nitrogen and oxygen atoms in total. The zero-order valence-corrected chi connectivity index (χ0v) is 21.6. The van der Waals surface area contributed by atoms with Gasteiger partial charge < -0.3 is 34.3 Å². The molecule has 0 spiro atoms. The van der Waals surface area contributed by atoms with Crippen LogP contribution in [0.3, 0.4) is 0 Å². The number of hydrogen-bond acceptors (Lipinski definition) is 7. The van der Waals surface area contributed by atoms with Crippen LogP contribution in [0.15, 0.2) is 77.3 Å². The number of furan rings is 1. The first-order valence-electron chi connectivity index (χ1n) is 11.7. The summed E-state index contributed by atoms with van der Waals surface area (Å²) in [5, 5.41) is 22.7. The van der Waals surface area contributed by atoms with Crippen LogP contribution in [0.4, 0.5) is 5.69 Å². The van der Waals surface area contributed by atoms with Crippen molar-refractivity contribution in [2.24, 2.45) is 0 Å². The summed E-state index contributed by atoms with van der Waals surface area (Å²) in [5.74, 6) is -0.566. The summed E-state index contributed by atoms with van der Waals surface area (Å²) >= 11 is 5.77. The maximum Gasteiger partial charge on any atom is 0.335 e. The second-order valence-corrected chi connectivity index (χ2v) is 9.03. The molecule has 1 fully saturated rings. The first-order chi connectivity index (χ1) is 18.8. The Balaban J connectivity index is 1.64. The molecule has 2 aromatic carbocycles. The molecule has 3 N–H and O–H groups in total. The van der Waals surface area contributed by atoms with Crippen LogP contribution in [0, 0.1) is 0 Å². The highest BCUT2D eigenvalue weighted by molar-refractivity contribution is 7.80. The lowest BCUT2D eigenvalue weighted by Gasteiger charge is -2.27. The van der Waals surface area contributed by atoms with Crippen molar-refractivity contribution in [2.75, 3.05) is 19.1 Å². The molecule has 0 aliphatic carbocycles. The van der Waals surface area contributed by atoms with Gasteiger partial charge in [-0.1, -0.05) is 6.07 Å². The lowest BCUT2D eigenvalue weighted by Crippen LogP contribution is -2.29. The van der Waals surface area contributed by atoms with Crippen LogP contribution < -0.4 is 19.7 Å². The van der Waals surface area contributed by atoms with Gasteiger partial charge in [0.15, 0.2) is 5.11 Å². The highest BCUT2D eigenvalue weighted by atomic mass is 32.1. The number of aromatic carboxylic acids is 2. The molecule has 4 aromatic rings. The van der Waals surface area contributed by atoms with Crippen molar-refractivity contribution in [1.29, 1.82) is 0 Å². The summed E-state index contributed by atoms with van der Waals surface area (Å²) in [4.78, 5) is 29.7. The van der Waals surface area contributed by atoms with Crippen molar-refractivity contribution in [3.05, 3.63) is 95.5 Å². The van der Waals surface area contributed by atoms with E-state index in [4.69, 9.17) is 26.1 Å². The monoisotopic (exact) mass is 545 g/mol. The van der Waals surface area contributed by atoms with Crippen molar-refractivity contribution in [2.45, 2.75) is 12.1 Å². The third-order valence-corrected chi connectivity index (χ3v) is 6.69. The van der Waals surface area contributed by atoms with Gasteiger partial charge in [0.05, 0.1) is 42.8 Å². The normalized spacial score (nSPS) is 16.6. The average Bonchev–Trinajstić information content (AvgIpc) is 3.57. The van der Waals surface area contributed by atoms with Crippen molar-refractivity contribution < 1.29 is 33.7 Å². The van der Waals surface area contributed by atoms with Gasteiger partial charge in [-0.05, 0) is 66.8 Å². The lowest BCUT2D eigenvalue weighted by molar-refractivity contribution is 0.0696. The number of pyridine rings is 1. The van der Waals surface area contributed by atoms with Crippen molar-refractivity contribution in [3.63, 3.8) is 0 Å². The smallest absolute Gasteiger partial charge is 0.335 e. The van der Waals surface area contributed by atoms with E-state index in [1.807, 2.05) is 29.2 Å². The number of anilines is 1. The van der Waals surface area contributed by atoms with Gasteiger partial charge >= 0.3 is 11.9 Å². The van der Waals surface area contributed by atoms with Crippen molar-refractivity contribution in [3.8, 4) is 22.8 Å². The van der Waals surface area contributed by atoms with Gasteiger partial charge in [-0.3, -0.25) is 4.98 Å². The molecule has 39 heavy (non-hydrogen) atoms. The van der Waals surface area contributed by atoms with Crippen LogP contribution in [-0.4, -0.2) is 46.5 Å². The van der Waals surface area contributed by atoms with Gasteiger partial charge in [0, 0.05) is 17.8 Å². The number of methoxy groups -OCH3 is 2. The molecule has 1 saturated heterocycles. The Kier molecular flexibility index (Phi) is 6.90. The van der Waals surface area contributed by atoms with Crippen LogP contribution in [0.25, 0.3) is 11.3 Å². The molecule has 0 amide bonds. The third kappa shape index (κ3) is 4.87. The predicted octanol–water partition coefficient (Wildman–Crippen LogP) is 4.93. The summed E-state index contributed by atoms with van der Waals surface area (Å²) in [6, 6.07) is 17.3. The van der Waals surface area contributed by atoms with E-state index >= 15 is 0 Å². The molecule has 0 radical (unpaired) electrons. The van der Waals surface area contributed by atoms with Crippen LogP contribution >= 0.6 is 12.2 Å². The van der Waals surface area contributed by atoms with E-state index in [1.165, 1.54) is 12.1 Å². The summed E-state index contributed by atoms with van der Waals surface area (Å²) in [6.07, 6.45) is 1.69. The highest BCUT2D eigenvalue weighted by Crippen LogP contribution is 2.46. The number of carboxylic acids is 2. The molecule has 0 saturated carbocycles. The second kappa shape index (κ2) is 10.5. The Labute approximate surface area is 228 Å². The van der Waals surface area contributed by atoms with E-state index in [9.17, 15) is 19.8 Å². The number of rotatable bonds is 8. The predicted molar refractivity (Wildman–Crippen MR) is 146 cm³/mol. The molecule has 5 rings (SSSR count). The molecular formula is C28H23N3O7S. The zero-order chi connectivity index (χ0) is 27.7. The fourth-order valence-electron chi connectivity index (χ4n) is 4.57. The summed E-state index contributed by atoms with van der Waals surface area (Å²) in [6.45, 7) is 0. The van der Waals surface area contributed by atoms with Crippen LogP contribution in [-0.2, 0) is 0 Å². The molecule has 0 bridgehead atoms. The van der Waals surface area contributed by atoms with Crippen molar-refractivity contribution >= 4 is 35.0 Å². The molecule has 3 heterocycles. The quantitative estimate of drug-likeness (QED) is 0.260. The molecule has 198 valence electrons. The maximum absolute atomic E-state index is 11.6. The molecule has 1 aliphatic rings. The Hall–Kier alpha value is -4.90. The first kappa shape index (κ1) is 25.7. The number of benzene rings is 2. The standard InChI is InChI=1S/C28H23N3O7S/c1-36-18-6-7-20(23(14-18)37-2)31-25(24(30-28(31)39)19-5-3-4-10-29-19)22-9-8-21(38-22)15-11-16(26(32)33)13-17(12-15)27(34)35/h3-14,24-25H,1-2H3,(H,30,39)(H,32,33)(H,34,35)/t24-,25+/m1/s1. The summed E-state index contributed by atoms with van der Waals surface area (Å²) in [7, 11) is 3.12. The van der Waals surface area contributed by atoms with Gasteiger partial charge in [-0.2, -0.15) is 0 Å². The van der Waals surface area contributed by atoms with Gasteiger partial charge in [-0.25, -0.2) is 9.59 Å². The first-order valence-corrected chi connectivity index (χ1v) is 12.2. The van der Waals surface area contributed by atoms with Crippen LogP contribution in [0.5, 0.6) is 11.5 Å². The number of aromatic nitrogens is 1. The molecule has 0 unspecified atom stereocenters. The van der Waals surface area contributed by atoms with E-state index in [-0.39, 0.29) is 11.1 Å². The third-order valence-electron chi connectivity index (χ3n) is 6.37. The number of carbonyl (C=O) groups is 2. The largest absolute Gasteiger partial charge is 0.497 e. The minimum absolute atomic E-state index is 0.164. The molecule has 1 aliphatic heterocycles. The van der Waals surface area contributed by atoms with Gasteiger partial charge in [-0.15, -0.1) is 0 Å². The van der Waals surface area contributed by atoms with Crippen LogP contribution in [0.1, 0.15) is 44.3 Å². The second-order valence-electron chi connectivity index (χ2n) is 8.65. The van der Waals surface area contributed by atoms with E-state index in [1.54, 1.807) is 44.7 Å². The summed E-state index contributed by atoms with van der Waals surface area (Å²) in [5.41, 5.74) is 1.37. The Morgan fingerprint density at radius 2 is 1.72 bits per heavy atom. The van der Waals surface area contributed by atoms with Gasteiger partial charge in [0.25, 0.3) is 0 Å². The molecule has 11 heteroatoms. The maximum atomic E-state index is 11.6. The van der Waals surface area contributed by atoms with Crippen molar-refractivity contribution in [1.82, 2.24) is 10.3 Å². The van der Waals surface area contributed by atoms with E-state index in [0.717, 1.165) is 11.8 Å². The number of ether oxygens (including phenoxy) is 2. The average molecular weight is 546 g/mol. The number of nitrogens with one attached hydrogen (secondary N) is 1. The van der Waals surface area contributed by atoms with E-state index in [0.29, 0.717) is 39.4 Å². The van der Waals surface area contributed by atoms with Gasteiger partial charge in [0.1, 0.15) is 29.1 Å². The number of hydrogen-bond donors (Lipinski definition) is 3. The molecular weight excluding hydrogens is 522 g/mol. The number of nitrogens with zero attached hydrogens (tertiary/aromatic N) is 2. The Morgan fingerprint density at radius 1 is 0.974 bits per heavy atom. The minimum atomic E-state index is -1.25. The fraction of sp³-hybridized carbons (Fsp3) is 0.143. The Morgan fingerprint density at radius 3 is 2.33 bits per heavy atom.